The highest BCUT2D eigenvalue weighted by molar-refractivity contribution is 7.89. The van der Waals surface area contributed by atoms with Gasteiger partial charge in [0.25, 0.3) is 5.91 Å². The minimum Gasteiger partial charge on any atom is -0.331 e. The van der Waals surface area contributed by atoms with Crippen LogP contribution < -0.4 is 5.32 Å². The molecule has 0 radical (unpaired) electrons. The van der Waals surface area contributed by atoms with E-state index in [2.05, 4.69) is 5.32 Å². The first-order valence-corrected chi connectivity index (χ1v) is 11.6. The fourth-order valence-corrected chi connectivity index (χ4v) is 6.25. The quantitative estimate of drug-likeness (QED) is 0.858. The van der Waals surface area contributed by atoms with E-state index in [1.807, 2.05) is 4.90 Å². The maximum absolute atomic E-state index is 13.2. The molecule has 0 spiro atoms. The van der Waals surface area contributed by atoms with Crippen molar-refractivity contribution in [2.24, 2.45) is 0 Å². The summed E-state index contributed by atoms with van der Waals surface area (Å²) in [6, 6.07) is 7.15. The molecule has 3 aliphatic rings. The van der Waals surface area contributed by atoms with Crippen molar-refractivity contribution in [2.45, 2.75) is 61.9 Å². The van der Waals surface area contributed by atoms with Crippen molar-refractivity contribution >= 4 is 15.9 Å². The first-order valence-electron chi connectivity index (χ1n) is 10.2. The molecule has 3 aliphatic heterocycles. The van der Waals surface area contributed by atoms with Crippen molar-refractivity contribution in [3.63, 3.8) is 0 Å². The van der Waals surface area contributed by atoms with Gasteiger partial charge in [-0.15, -0.1) is 0 Å². The lowest BCUT2D eigenvalue weighted by Gasteiger charge is -2.28. The second-order valence-electron chi connectivity index (χ2n) is 7.94. The third-order valence-electron chi connectivity index (χ3n) is 6.17. The van der Waals surface area contributed by atoms with E-state index >= 15 is 0 Å². The Morgan fingerprint density at radius 1 is 1.00 bits per heavy atom. The van der Waals surface area contributed by atoms with Crippen LogP contribution in [0.3, 0.4) is 0 Å². The van der Waals surface area contributed by atoms with E-state index in [1.165, 1.54) is 0 Å². The van der Waals surface area contributed by atoms with Crippen LogP contribution >= 0.6 is 0 Å². The highest BCUT2D eigenvalue weighted by atomic mass is 32.2. The number of hydrogen-bond donors (Lipinski definition) is 1. The van der Waals surface area contributed by atoms with Crippen molar-refractivity contribution in [3.8, 4) is 0 Å². The van der Waals surface area contributed by atoms with Crippen LogP contribution in [-0.2, 0) is 10.0 Å². The minimum absolute atomic E-state index is 0.0286. The molecule has 1 N–H and O–H groups in total. The monoisotopic (exact) mass is 391 g/mol. The van der Waals surface area contributed by atoms with Crippen LogP contribution in [0.1, 0.15) is 55.3 Å². The van der Waals surface area contributed by atoms with Gasteiger partial charge < -0.3 is 10.2 Å². The average Bonchev–Trinajstić information content (AvgIpc) is 2.84. The Morgan fingerprint density at radius 3 is 2.52 bits per heavy atom. The van der Waals surface area contributed by atoms with E-state index < -0.39 is 10.0 Å². The number of fused-ring (bicyclic) bond motifs is 2. The van der Waals surface area contributed by atoms with E-state index in [1.54, 1.807) is 28.6 Å². The van der Waals surface area contributed by atoms with Crippen molar-refractivity contribution < 1.29 is 13.2 Å². The van der Waals surface area contributed by atoms with Gasteiger partial charge in [-0.25, -0.2) is 8.42 Å². The first kappa shape index (κ1) is 18.9. The summed E-state index contributed by atoms with van der Waals surface area (Å²) >= 11 is 0. The number of hydrogen-bond acceptors (Lipinski definition) is 4. The Labute approximate surface area is 162 Å². The summed E-state index contributed by atoms with van der Waals surface area (Å²) in [5, 5.41) is 3.40. The smallest absolute Gasteiger partial charge is 0.254 e. The number of nitrogens with zero attached hydrogens (tertiary/aromatic N) is 2. The third kappa shape index (κ3) is 3.77. The summed E-state index contributed by atoms with van der Waals surface area (Å²) in [7, 11) is -3.54. The standard InChI is InChI=1S/C20H29N3O3S/c24-20(23-17-8-9-18(23)15-21-11-10-17)16-6-5-7-19(14-16)27(25,26)22-12-3-1-2-4-13-22/h5-7,14,17-18,21H,1-4,8-13,15H2. The Balaban J connectivity index is 1.59. The molecular weight excluding hydrogens is 362 g/mol. The number of sulfonamides is 1. The van der Waals surface area contributed by atoms with Gasteiger partial charge >= 0.3 is 0 Å². The van der Waals surface area contributed by atoms with E-state index in [0.717, 1.165) is 58.0 Å². The van der Waals surface area contributed by atoms with Crippen LogP contribution in [0.2, 0.25) is 0 Å². The second kappa shape index (κ2) is 7.89. The number of amides is 1. The van der Waals surface area contributed by atoms with Gasteiger partial charge in [0.1, 0.15) is 0 Å². The van der Waals surface area contributed by atoms with Crippen molar-refractivity contribution in [1.82, 2.24) is 14.5 Å². The van der Waals surface area contributed by atoms with Crippen LogP contribution in [0.25, 0.3) is 0 Å². The summed E-state index contributed by atoms with van der Waals surface area (Å²) in [4.78, 5) is 15.5. The number of carbonyl (C=O) groups excluding carboxylic acids is 1. The van der Waals surface area contributed by atoms with Crippen LogP contribution in [-0.4, -0.2) is 61.8 Å². The lowest BCUT2D eigenvalue weighted by Crippen LogP contribution is -2.42. The lowest BCUT2D eigenvalue weighted by molar-refractivity contribution is 0.0680. The molecule has 27 heavy (non-hydrogen) atoms. The van der Waals surface area contributed by atoms with Gasteiger partial charge in [0.15, 0.2) is 0 Å². The zero-order chi connectivity index (χ0) is 18.9. The van der Waals surface area contributed by atoms with E-state index in [4.69, 9.17) is 0 Å². The van der Waals surface area contributed by atoms with Crippen molar-refractivity contribution in [3.05, 3.63) is 29.8 Å². The second-order valence-corrected chi connectivity index (χ2v) is 9.87. The first-order chi connectivity index (χ1) is 13.1. The highest BCUT2D eigenvalue weighted by Gasteiger charge is 2.38. The summed E-state index contributed by atoms with van der Waals surface area (Å²) in [6.45, 7) is 2.91. The maximum Gasteiger partial charge on any atom is 0.254 e. The molecule has 148 valence electrons. The fourth-order valence-electron chi connectivity index (χ4n) is 4.68. The molecule has 3 saturated heterocycles. The number of rotatable bonds is 3. The van der Waals surface area contributed by atoms with E-state index in [9.17, 15) is 13.2 Å². The Bertz CT molecular complexity index is 773. The van der Waals surface area contributed by atoms with Crippen LogP contribution in [0.15, 0.2) is 29.2 Å². The molecule has 1 aromatic rings. The normalized spacial score (nSPS) is 27.2. The van der Waals surface area contributed by atoms with Crippen LogP contribution in [0.4, 0.5) is 0 Å². The zero-order valence-corrected chi connectivity index (χ0v) is 16.6. The van der Waals surface area contributed by atoms with Gasteiger partial charge in [-0.3, -0.25) is 4.79 Å². The molecule has 7 heteroatoms. The summed E-state index contributed by atoms with van der Waals surface area (Å²) in [5.41, 5.74) is 0.490. The molecule has 0 aliphatic carbocycles. The van der Waals surface area contributed by atoms with Gasteiger partial charge in [0, 0.05) is 37.3 Å². The van der Waals surface area contributed by atoms with Crippen molar-refractivity contribution in [1.29, 1.82) is 0 Å². The Hall–Kier alpha value is -1.44. The zero-order valence-electron chi connectivity index (χ0n) is 15.8. The predicted molar refractivity (Wildman–Crippen MR) is 104 cm³/mol. The van der Waals surface area contributed by atoms with Crippen molar-refractivity contribution in [2.75, 3.05) is 26.2 Å². The molecule has 3 fully saturated rings. The van der Waals surface area contributed by atoms with E-state index in [-0.39, 0.29) is 22.9 Å². The Kier molecular flexibility index (Phi) is 5.53. The molecule has 6 nitrogen and oxygen atoms in total. The SMILES string of the molecule is O=C(c1cccc(S(=O)(=O)N2CCCCCC2)c1)N1C2CCNCC1CC2. The molecule has 2 atom stereocenters. The highest BCUT2D eigenvalue weighted by Crippen LogP contribution is 2.30. The average molecular weight is 392 g/mol. The van der Waals surface area contributed by atoms with Gasteiger partial charge in [-0.2, -0.15) is 4.31 Å². The molecule has 0 saturated carbocycles. The summed E-state index contributed by atoms with van der Waals surface area (Å²) < 4.78 is 27.7. The number of nitrogens with one attached hydrogen (secondary N) is 1. The molecule has 4 rings (SSSR count). The summed E-state index contributed by atoms with van der Waals surface area (Å²) in [6.07, 6.45) is 7.00. The molecule has 0 aromatic heterocycles. The number of carbonyl (C=O) groups is 1. The molecule has 3 heterocycles. The van der Waals surface area contributed by atoms with Gasteiger partial charge in [0.05, 0.1) is 4.90 Å². The topological polar surface area (TPSA) is 69.7 Å². The largest absolute Gasteiger partial charge is 0.331 e. The fraction of sp³-hybridized carbons (Fsp3) is 0.650. The molecule has 1 aromatic carbocycles. The minimum atomic E-state index is -3.54. The number of benzene rings is 1. The predicted octanol–water partition coefficient (Wildman–Crippen LogP) is 2.22. The van der Waals surface area contributed by atoms with Gasteiger partial charge in [0.2, 0.25) is 10.0 Å². The third-order valence-corrected chi connectivity index (χ3v) is 8.07. The molecule has 1 amide bonds. The summed E-state index contributed by atoms with van der Waals surface area (Å²) in [5.74, 6) is -0.0286. The van der Waals surface area contributed by atoms with Gasteiger partial charge in [-0.05, 0) is 56.8 Å². The van der Waals surface area contributed by atoms with Crippen LogP contribution in [0.5, 0.6) is 0 Å². The molecule has 2 unspecified atom stereocenters. The molecule has 2 bridgehead atoms. The molecular formula is C20H29N3O3S. The lowest BCUT2D eigenvalue weighted by atomic mass is 10.1. The van der Waals surface area contributed by atoms with Gasteiger partial charge in [-0.1, -0.05) is 18.9 Å². The Morgan fingerprint density at radius 2 is 1.74 bits per heavy atom. The van der Waals surface area contributed by atoms with Crippen LogP contribution in [0, 0.1) is 0 Å². The maximum atomic E-state index is 13.2. The van der Waals surface area contributed by atoms with E-state index in [0.29, 0.717) is 18.7 Å².